The molecule has 4 heteroatoms. The zero-order valence-corrected chi connectivity index (χ0v) is 13.4. The van der Waals surface area contributed by atoms with Gasteiger partial charge < -0.3 is 10.1 Å². The van der Waals surface area contributed by atoms with Gasteiger partial charge in [-0.15, -0.1) is 0 Å². The van der Waals surface area contributed by atoms with Crippen molar-refractivity contribution in [1.29, 1.82) is 0 Å². The van der Waals surface area contributed by atoms with Gasteiger partial charge in [-0.05, 0) is 42.3 Å². The van der Waals surface area contributed by atoms with Gasteiger partial charge in [0.15, 0.2) is 0 Å². The predicted octanol–water partition coefficient (Wildman–Crippen LogP) is 4.37. The van der Waals surface area contributed by atoms with E-state index < -0.39 is 0 Å². The van der Waals surface area contributed by atoms with Crippen LogP contribution >= 0.6 is 15.9 Å². The third-order valence-corrected chi connectivity index (χ3v) is 4.23. The van der Waals surface area contributed by atoms with Crippen molar-refractivity contribution in [3.63, 3.8) is 0 Å². The Hall–Kier alpha value is -1.39. The summed E-state index contributed by atoms with van der Waals surface area (Å²) < 4.78 is 20.1. The number of nitrogens with one attached hydrogen (secondary N) is 1. The van der Waals surface area contributed by atoms with E-state index in [0.29, 0.717) is 6.54 Å². The largest absolute Gasteiger partial charge is 0.493 e. The van der Waals surface area contributed by atoms with Gasteiger partial charge in [0, 0.05) is 29.0 Å². The smallest absolute Gasteiger partial charge is 0.127 e. The number of fused-ring (bicyclic) bond motifs is 1. The molecule has 2 aromatic carbocycles. The maximum atomic E-state index is 13.3. The minimum Gasteiger partial charge on any atom is -0.493 e. The second kappa shape index (κ2) is 6.16. The number of halogens is 2. The Morgan fingerprint density at radius 3 is 3.00 bits per heavy atom. The third-order valence-electron chi connectivity index (χ3n) is 3.77. The van der Waals surface area contributed by atoms with Crippen molar-refractivity contribution in [2.45, 2.75) is 25.9 Å². The van der Waals surface area contributed by atoms with Gasteiger partial charge in [0.25, 0.3) is 0 Å². The van der Waals surface area contributed by atoms with Gasteiger partial charge in [0.05, 0.1) is 6.61 Å². The lowest BCUT2D eigenvalue weighted by molar-refractivity contribution is 0.351. The lowest BCUT2D eigenvalue weighted by Crippen LogP contribution is -2.18. The molecule has 110 valence electrons. The van der Waals surface area contributed by atoms with Crippen LogP contribution in [0.1, 0.15) is 29.7 Å². The number of ether oxygens (including phenoxy) is 1. The second-order valence-electron chi connectivity index (χ2n) is 5.31. The number of rotatable bonds is 4. The maximum Gasteiger partial charge on any atom is 0.127 e. The molecule has 1 aliphatic heterocycles. The Labute approximate surface area is 132 Å². The minimum absolute atomic E-state index is 0.0803. The third kappa shape index (κ3) is 3.27. The lowest BCUT2D eigenvalue weighted by atomic mass is 10.1. The molecule has 1 aliphatic rings. The van der Waals surface area contributed by atoms with E-state index in [1.165, 1.54) is 11.6 Å². The molecule has 1 heterocycles. The van der Waals surface area contributed by atoms with Crippen LogP contribution in [-0.2, 0) is 13.0 Å². The Balaban J connectivity index is 1.73. The van der Waals surface area contributed by atoms with Crippen LogP contribution in [0.2, 0.25) is 0 Å². The molecule has 1 atom stereocenters. The summed E-state index contributed by atoms with van der Waals surface area (Å²) in [4.78, 5) is 0. The number of hydrogen-bond acceptors (Lipinski definition) is 2. The lowest BCUT2D eigenvalue weighted by Gasteiger charge is -2.16. The summed E-state index contributed by atoms with van der Waals surface area (Å²) in [5, 5.41) is 3.43. The molecule has 3 rings (SSSR count). The topological polar surface area (TPSA) is 21.3 Å². The van der Waals surface area contributed by atoms with Gasteiger partial charge in [0.1, 0.15) is 11.6 Å². The van der Waals surface area contributed by atoms with E-state index in [1.54, 1.807) is 12.1 Å². The van der Waals surface area contributed by atoms with E-state index in [-0.39, 0.29) is 11.9 Å². The van der Waals surface area contributed by atoms with E-state index in [2.05, 4.69) is 33.4 Å². The van der Waals surface area contributed by atoms with Crippen molar-refractivity contribution >= 4 is 15.9 Å². The average molecular weight is 350 g/mol. The highest BCUT2D eigenvalue weighted by molar-refractivity contribution is 9.10. The molecule has 0 aromatic heterocycles. The van der Waals surface area contributed by atoms with E-state index in [1.807, 2.05) is 13.0 Å². The molecule has 1 N–H and O–H groups in total. The fourth-order valence-corrected chi connectivity index (χ4v) is 3.19. The summed E-state index contributed by atoms with van der Waals surface area (Å²) in [7, 11) is 0. The van der Waals surface area contributed by atoms with Gasteiger partial charge in [-0.1, -0.05) is 28.1 Å². The highest BCUT2D eigenvalue weighted by Crippen LogP contribution is 2.33. The number of benzene rings is 2. The van der Waals surface area contributed by atoms with Crippen molar-refractivity contribution in [3.8, 4) is 5.75 Å². The molecule has 0 saturated carbocycles. The summed E-state index contributed by atoms with van der Waals surface area (Å²) >= 11 is 3.54. The highest BCUT2D eigenvalue weighted by atomic mass is 79.9. The van der Waals surface area contributed by atoms with E-state index >= 15 is 0 Å². The van der Waals surface area contributed by atoms with Gasteiger partial charge in [0.2, 0.25) is 0 Å². The van der Waals surface area contributed by atoms with Crippen LogP contribution in [0.3, 0.4) is 0 Å². The van der Waals surface area contributed by atoms with Gasteiger partial charge >= 0.3 is 0 Å². The van der Waals surface area contributed by atoms with Crippen molar-refractivity contribution in [1.82, 2.24) is 5.32 Å². The summed E-state index contributed by atoms with van der Waals surface area (Å²) in [6.07, 6.45) is 0.960. The van der Waals surface area contributed by atoms with Crippen LogP contribution < -0.4 is 10.1 Å². The Morgan fingerprint density at radius 1 is 1.33 bits per heavy atom. The van der Waals surface area contributed by atoms with Crippen molar-refractivity contribution < 1.29 is 9.13 Å². The zero-order chi connectivity index (χ0) is 14.8. The predicted molar refractivity (Wildman–Crippen MR) is 85.0 cm³/mol. The first-order valence-electron chi connectivity index (χ1n) is 7.06. The molecule has 2 nitrogen and oxygen atoms in total. The summed E-state index contributed by atoms with van der Waals surface area (Å²) in [6.45, 7) is 3.48. The SMILES string of the molecule is CC(NCc1cc(Br)cc2c1OCC2)c1cccc(F)c1. The first kappa shape index (κ1) is 14.5. The molecular weight excluding hydrogens is 333 g/mol. The summed E-state index contributed by atoms with van der Waals surface area (Å²) in [6, 6.07) is 11.0. The van der Waals surface area contributed by atoms with Gasteiger partial charge in [-0.2, -0.15) is 0 Å². The molecular formula is C17H17BrFNO. The molecule has 0 fully saturated rings. The van der Waals surface area contributed by atoms with Gasteiger partial charge in [-0.25, -0.2) is 4.39 Å². The molecule has 0 amide bonds. The van der Waals surface area contributed by atoms with Crippen molar-refractivity contribution in [3.05, 3.63) is 63.4 Å². The normalized spacial score (nSPS) is 14.6. The summed E-state index contributed by atoms with van der Waals surface area (Å²) in [5.74, 6) is 0.796. The average Bonchev–Trinajstić information content (AvgIpc) is 2.92. The van der Waals surface area contributed by atoms with Crippen LogP contribution in [0.25, 0.3) is 0 Å². The van der Waals surface area contributed by atoms with E-state index in [9.17, 15) is 4.39 Å². The molecule has 0 bridgehead atoms. The molecule has 2 aromatic rings. The van der Waals surface area contributed by atoms with Crippen LogP contribution in [0.15, 0.2) is 40.9 Å². The molecule has 1 unspecified atom stereocenters. The van der Waals surface area contributed by atoms with Gasteiger partial charge in [-0.3, -0.25) is 0 Å². The Morgan fingerprint density at radius 2 is 2.19 bits per heavy atom. The molecule has 21 heavy (non-hydrogen) atoms. The quantitative estimate of drug-likeness (QED) is 0.884. The monoisotopic (exact) mass is 349 g/mol. The maximum absolute atomic E-state index is 13.3. The van der Waals surface area contributed by atoms with Crippen LogP contribution in [0.5, 0.6) is 5.75 Å². The Kier molecular flexibility index (Phi) is 4.27. The minimum atomic E-state index is -0.201. The van der Waals surface area contributed by atoms with E-state index in [4.69, 9.17) is 4.74 Å². The van der Waals surface area contributed by atoms with Crippen molar-refractivity contribution in [2.24, 2.45) is 0 Å². The zero-order valence-electron chi connectivity index (χ0n) is 11.8. The van der Waals surface area contributed by atoms with Crippen LogP contribution in [-0.4, -0.2) is 6.61 Å². The molecule has 0 saturated heterocycles. The van der Waals surface area contributed by atoms with Crippen molar-refractivity contribution in [2.75, 3.05) is 6.61 Å². The first-order valence-corrected chi connectivity index (χ1v) is 7.86. The highest BCUT2D eigenvalue weighted by Gasteiger charge is 2.17. The fraction of sp³-hybridized carbons (Fsp3) is 0.294. The molecule has 0 radical (unpaired) electrons. The fourth-order valence-electron chi connectivity index (χ4n) is 2.63. The molecule has 0 spiro atoms. The number of hydrogen-bond donors (Lipinski definition) is 1. The Bertz CT molecular complexity index is 659. The first-order chi connectivity index (χ1) is 10.1. The second-order valence-corrected chi connectivity index (χ2v) is 6.22. The van der Waals surface area contributed by atoms with Crippen LogP contribution in [0.4, 0.5) is 4.39 Å². The van der Waals surface area contributed by atoms with E-state index in [0.717, 1.165) is 34.4 Å². The standard InChI is InChI=1S/C17H17BrFNO/c1-11(12-3-2-4-16(19)9-12)20-10-14-8-15(18)7-13-5-6-21-17(13)14/h2-4,7-9,11,20H,5-6,10H2,1H3. The summed E-state index contributed by atoms with van der Waals surface area (Å²) in [5.41, 5.74) is 3.34. The molecule has 0 aliphatic carbocycles. The van der Waals surface area contributed by atoms with Crippen LogP contribution in [0, 0.1) is 5.82 Å².